The molecule has 9 heteroatoms. The molecule has 3 N–H and O–H groups in total. The quantitative estimate of drug-likeness (QED) is 0.226. The van der Waals surface area contributed by atoms with Crippen molar-refractivity contribution in [2.75, 3.05) is 33.9 Å². The first-order chi connectivity index (χ1) is 20.4. The lowest BCUT2D eigenvalue weighted by atomic mass is 9.91. The average molecular weight is 577 g/mol. The molecule has 0 radical (unpaired) electrons. The molecule has 3 aromatic rings. The Balaban J connectivity index is 1.54. The Labute approximate surface area is 247 Å². The molecule has 3 atom stereocenters. The van der Waals surface area contributed by atoms with Crippen molar-refractivity contribution >= 4 is 12.0 Å². The molecule has 3 aromatic carbocycles. The second-order valence-electron chi connectivity index (χ2n) is 10.5. The minimum atomic E-state index is -1.04. The Bertz CT molecular complexity index is 1220. The molecule has 0 aliphatic carbocycles. The van der Waals surface area contributed by atoms with Crippen molar-refractivity contribution < 1.29 is 34.0 Å². The molecular formula is C33H40N2O7. The van der Waals surface area contributed by atoms with Crippen LogP contribution in [0, 0.1) is 5.92 Å². The monoisotopic (exact) mass is 576 g/mol. The van der Waals surface area contributed by atoms with Crippen LogP contribution in [0.4, 0.5) is 4.79 Å². The Hall–Kier alpha value is -4.08. The van der Waals surface area contributed by atoms with Crippen LogP contribution < -0.4 is 14.8 Å². The van der Waals surface area contributed by atoms with Crippen molar-refractivity contribution in [2.45, 2.75) is 44.0 Å². The first-order valence-electron chi connectivity index (χ1n) is 14.3. The van der Waals surface area contributed by atoms with E-state index in [2.05, 4.69) is 5.32 Å². The third kappa shape index (κ3) is 8.24. The molecule has 1 fully saturated rings. The van der Waals surface area contributed by atoms with E-state index in [1.54, 1.807) is 19.1 Å². The lowest BCUT2D eigenvalue weighted by Crippen LogP contribution is -2.30. The van der Waals surface area contributed by atoms with Gasteiger partial charge >= 0.3 is 6.09 Å². The van der Waals surface area contributed by atoms with Crippen LogP contribution in [-0.2, 0) is 9.53 Å². The highest BCUT2D eigenvalue weighted by molar-refractivity contribution is 5.76. The van der Waals surface area contributed by atoms with Crippen LogP contribution in [0.1, 0.15) is 54.6 Å². The van der Waals surface area contributed by atoms with Gasteiger partial charge in [-0.3, -0.25) is 4.79 Å². The number of carboxylic acid groups (broad SMARTS) is 1. The third-order valence-electron chi connectivity index (χ3n) is 7.67. The highest BCUT2D eigenvalue weighted by Gasteiger charge is 2.41. The normalized spacial score (nSPS) is 17.2. The van der Waals surface area contributed by atoms with Crippen molar-refractivity contribution in [1.82, 2.24) is 10.2 Å². The summed E-state index contributed by atoms with van der Waals surface area (Å²) in [7, 11) is 3.26. The second kappa shape index (κ2) is 15.2. The maximum absolute atomic E-state index is 13.1. The van der Waals surface area contributed by atoms with Gasteiger partial charge in [-0.25, -0.2) is 4.79 Å². The lowest BCUT2D eigenvalue weighted by molar-refractivity contribution is -0.130. The molecule has 1 saturated heterocycles. The molecule has 0 saturated carbocycles. The number of β-amino-alcohol motifs (C(OH)–C–C–N with tert-alkyl or cyclic N) is 1. The van der Waals surface area contributed by atoms with Gasteiger partial charge in [0, 0.05) is 32.0 Å². The standard InChI is InChI=1S/C33H40N2O7/c1-40-26-16-12-24(13-17-26)31(25-14-18-27(41-2)19-15-25)42-32(23-9-5-3-6-10-23)28-21-35(22-29(28)36)30(37)11-7-4-8-20-34-33(38)39/h3,5-6,9-10,12-19,28-29,31-32,34,36H,4,7-8,11,20-22H2,1-2H3,(H,38,39). The van der Waals surface area contributed by atoms with Crippen molar-refractivity contribution in [2.24, 2.45) is 5.92 Å². The minimum absolute atomic E-state index is 0.0172. The largest absolute Gasteiger partial charge is 0.497 e. The van der Waals surface area contributed by atoms with Gasteiger partial charge in [0.1, 0.15) is 17.6 Å². The topological polar surface area (TPSA) is 118 Å². The molecule has 224 valence electrons. The average Bonchev–Trinajstić information content (AvgIpc) is 3.41. The number of amides is 2. The molecule has 1 aliphatic heterocycles. The third-order valence-corrected chi connectivity index (χ3v) is 7.67. The first kappa shape index (κ1) is 30.9. The van der Waals surface area contributed by atoms with E-state index >= 15 is 0 Å². The lowest BCUT2D eigenvalue weighted by Gasteiger charge is -2.31. The van der Waals surface area contributed by atoms with Gasteiger partial charge in [-0.15, -0.1) is 0 Å². The number of likely N-dealkylation sites (tertiary alicyclic amines) is 1. The van der Waals surface area contributed by atoms with Gasteiger partial charge in [-0.05, 0) is 53.8 Å². The summed E-state index contributed by atoms with van der Waals surface area (Å²) in [5, 5.41) is 22.3. The number of ether oxygens (including phenoxy) is 3. The zero-order valence-electron chi connectivity index (χ0n) is 24.1. The fourth-order valence-electron chi connectivity index (χ4n) is 5.37. The van der Waals surface area contributed by atoms with Crippen molar-refractivity contribution in [3.05, 3.63) is 95.6 Å². The Morgan fingerprint density at radius 1 is 0.833 bits per heavy atom. The summed E-state index contributed by atoms with van der Waals surface area (Å²) in [4.78, 5) is 25.4. The molecular weight excluding hydrogens is 536 g/mol. The number of hydrogen-bond donors (Lipinski definition) is 3. The Kier molecular flexibility index (Phi) is 11.2. The summed E-state index contributed by atoms with van der Waals surface area (Å²) < 4.78 is 17.7. The first-order valence-corrected chi connectivity index (χ1v) is 14.3. The summed E-state index contributed by atoms with van der Waals surface area (Å²) in [5.74, 6) is 1.13. The number of unbranched alkanes of at least 4 members (excludes halogenated alkanes) is 2. The number of aliphatic hydroxyl groups excluding tert-OH is 1. The minimum Gasteiger partial charge on any atom is -0.497 e. The van der Waals surface area contributed by atoms with Crippen LogP contribution in [0.15, 0.2) is 78.9 Å². The van der Waals surface area contributed by atoms with Gasteiger partial charge in [-0.1, -0.05) is 61.0 Å². The van der Waals surface area contributed by atoms with E-state index in [1.165, 1.54) is 0 Å². The van der Waals surface area contributed by atoms with E-state index < -0.39 is 24.4 Å². The van der Waals surface area contributed by atoms with E-state index in [-0.39, 0.29) is 18.4 Å². The maximum atomic E-state index is 13.1. The molecule has 2 amide bonds. The zero-order chi connectivity index (χ0) is 29.9. The number of nitrogens with zero attached hydrogens (tertiary/aromatic N) is 1. The van der Waals surface area contributed by atoms with Crippen LogP contribution in [0.5, 0.6) is 11.5 Å². The summed E-state index contributed by atoms with van der Waals surface area (Å²) in [6.07, 6.45) is -0.319. The summed E-state index contributed by atoms with van der Waals surface area (Å²) in [6.45, 7) is 0.984. The number of nitrogens with one attached hydrogen (secondary N) is 1. The van der Waals surface area contributed by atoms with Crippen LogP contribution in [-0.4, -0.2) is 67.1 Å². The number of benzene rings is 3. The van der Waals surface area contributed by atoms with Crippen LogP contribution in [0.3, 0.4) is 0 Å². The van der Waals surface area contributed by atoms with Crippen molar-refractivity contribution in [1.29, 1.82) is 0 Å². The number of carbonyl (C=O) groups excluding carboxylic acids is 1. The molecule has 3 unspecified atom stereocenters. The molecule has 42 heavy (non-hydrogen) atoms. The Morgan fingerprint density at radius 2 is 1.43 bits per heavy atom. The molecule has 0 aromatic heterocycles. The van der Waals surface area contributed by atoms with Gasteiger partial charge in [0.25, 0.3) is 0 Å². The van der Waals surface area contributed by atoms with Gasteiger partial charge < -0.3 is 34.6 Å². The second-order valence-corrected chi connectivity index (χ2v) is 10.5. The van der Waals surface area contributed by atoms with E-state index in [9.17, 15) is 14.7 Å². The van der Waals surface area contributed by atoms with Gasteiger partial charge in [0.05, 0.1) is 26.4 Å². The van der Waals surface area contributed by atoms with Crippen molar-refractivity contribution in [3.8, 4) is 11.5 Å². The summed E-state index contributed by atoms with van der Waals surface area (Å²) >= 11 is 0. The van der Waals surface area contributed by atoms with E-state index in [0.717, 1.165) is 34.6 Å². The summed E-state index contributed by atoms with van der Waals surface area (Å²) in [5.41, 5.74) is 2.79. The zero-order valence-corrected chi connectivity index (χ0v) is 24.1. The van der Waals surface area contributed by atoms with E-state index in [0.29, 0.717) is 32.4 Å². The van der Waals surface area contributed by atoms with Crippen LogP contribution in [0.2, 0.25) is 0 Å². The molecule has 1 aliphatic rings. The molecule has 0 spiro atoms. The highest BCUT2D eigenvalue weighted by atomic mass is 16.5. The van der Waals surface area contributed by atoms with E-state index in [1.807, 2.05) is 78.9 Å². The number of carbonyl (C=O) groups is 2. The van der Waals surface area contributed by atoms with Crippen molar-refractivity contribution in [3.63, 3.8) is 0 Å². The van der Waals surface area contributed by atoms with Crippen LogP contribution >= 0.6 is 0 Å². The smallest absolute Gasteiger partial charge is 0.404 e. The predicted octanol–water partition coefficient (Wildman–Crippen LogP) is 5.20. The van der Waals surface area contributed by atoms with Gasteiger partial charge in [0.2, 0.25) is 5.91 Å². The fraction of sp³-hybridized carbons (Fsp3) is 0.394. The maximum Gasteiger partial charge on any atom is 0.404 e. The van der Waals surface area contributed by atoms with Crippen LogP contribution in [0.25, 0.3) is 0 Å². The van der Waals surface area contributed by atoms with E-state index in [4.69, 9.17) is 19.3 Å². The van der Waals surface area contributed by atoms with Gasteiger partial charge in [-0.2, -0.15) is 0 Å². The molecule has 4 rings (SSSR count). The van der Waals surface area contributed by atoms with Gasteiger partial charge in [0.15, 0.2) is 0 Å². The Morgan fingerprint density at radius 3 is 1.98 bits per heavy atom. The molecule has 9 nitrogen and oxygen atoms in total. The summed E-state index contributed by atoms with van der Waals surface area (Å²) in [6, 6.07) is 25.3. The fourth-order valence-corrected chi connectivity index (χ4v) is 5.37. The number of rotatable bonds is 14. The number of aliphatic hydroxyl groups is 1. The molecule has 1 heterocycles. The predicted molar refractivity (Wildman–Crippen MR) is 159 cm³/mol. The highest BCUT2D eigenvalue weighted by Crippen LogP contribution is 2.40. The molecule has 0 bridgehead atoms. The number of hydrogen-bond acceptors (Lipinski definition) is 6. The number of methoxy groups -OCH3 is 2. The SMILES string of the molecule is COc1ccc(C(OC(c2ccccc2)C2CN(C(=O)CCCCCNC(=O)O)CC2O)c2ccc(OC)cc2)cc1.